The molecule has 2 atom stereocenters. The number of rotatable bonds is 4. The van der Waals surface area contributed by atoms with E-state index in [0.717, 1.165) is 23.8 Å². The topological polar surface area (TPSA) is 64.6 Å². The van der Waals surface area contributed by atoms with E-state index in [1.54, 1.807) is 18.2 Å². The van der Waals surface area contributed by atoms with E-state index >= 15 is 0 Å². The molecule has 0 saturated heterocycles. The Labute approximate surface area is 159 Å². The van der Waals surface area contributed by atoms with E-state index in [4.69, 9.17) is 21.1 Å². The molecule has 0 radical (unpaired) electrons. The van der Waals surface area contributed by atoms with Crippen molar-refractivity contribution in [2.75, 3.05) is 11.9 Å². The van der Waals surface area contributed by atoms with Gasteiger partial charge in [0.15, 0.2) is 6.10 Å². The number of hydrogen-bond acceptors (Lipinski definition) is 4. The van der Waals surface area contributed by atoms with Crippen LogP contribution < -0.4 is 10.1 Å². The van der Waals surface area contributed by atoms with Gasteiger partial charge >= 0.3 is 5.97 Å². The Morgan fingerprint density at radius 1 is 1.26 bits per heavy atom. The molecule has 2 aromatic carbocycles. The van der Waals surface area contributed by atoms with Gasteiger partial charge in [0.05, 0.1) is 11.6 Å². The van der Waals surface area contributed by atoms with E-state index in [2.05, 4.69) is 5.32 Å². The molecule has 1 amide bonds. The molecule has 0 aliphatic carbocycles. The third-order valence-corrected chi connectivity index (χ3v) is 4.35. The number of carbonyl (C=O) groups is 2. The molecule has 8 heteroatoms. The first-order valence-electron chi connectivity index (χ1n) is 8.21. The smallest absolute Gasteiger partial charge is 0.313 e. The second-order valence-electron chi connectivity index (χ2n) is 6.16. The molecule has 3 rings (SSSR count). The Morgan fingerprint density at radius 3 is 2.81 bits per heavy atom. The van der Waals surface area contributed by atoms with Crippen LogP contribution in [0.4, 0.5) is 14.5 Å². The van der Waals surface area contributed by atoms with Crippen LogP contribution in [0.15, 0.2) is 36.4 Å². The van der Waals surface area contributed by atoms with Crippen LogP contribution in [0.5, 0.6) is 5.75 Å². The zero-order valence-corrected chi connectivity index (χ0v) is 15.1. The second-order valence-corrected chi connectivity index (χ2v) is 6.59. The minimum Gasteiger partial charge on any atom is -0.492 e. The number of carbonyl (C=O) groups excluding carboxylic acids is 2. The monoisotopic (exact) mass is 395 g/mol. The predicted molar refractivity (Wildman–Crippen MR) is 94.7 cm³/mol. The Bertz CT molecular complexity index is 890. The zero-order valence-electron chi connectivity index (χ0n) is 14.3. The highest BCUT2D eigenvalue weighted by molar-refractivity contribution is 6.30. The zero-order chi connectivity index (χ0) is 19.6. The van der Waals surface area contributed by atoms with E-state index in [0.29, 0.717) is 17.2 Å². The molecule has 142 valence electrons. The highest BCUT2D eigenvalue weighted by atomic mass is 35.5. The lowest BCUT2D eigenvalue weighted by molar-refractivity contribution is -0.158. The highest BCUT2D eigenvalue weighted by Gasteiger charge is 2.30. The van der Waals surface area contributed by atoms with E-state index in [1.807, 2.05) is 0 Å². The van der Waals surface area contributed by atoms with Crippen LogP contribution in [0.3, 0.4) is 0 Å². The maximum atomic E-state index is 13.6. The minimum absolute atomic E-state index is 0.111. The van der Waals surface area contributed by atoms with Crippen molar-refractivity contribution in [3.05, 3.63) is 58.6 Å². The van der Waals surface area contributed by atoms with Crippen molar-refractivity contribution in [2.24, 2.45) is 5.92 Å². The fourth-order valence-corrected chi connectivity index (χ4v) is 2.86. The van der Waals surface area contributed by atoms with E-state index in [-0.39, 0.29) is 12.3 Å². The van der Waals surface area contributed by atoms with Crippen molar-refractivity contribution in [1.82, 2.24) is 0 Å². The fourth-order valence-electron chi connectivity index (χ4n) is 2.67. The molecule has 2 aromatic rings. The number of fused-ring (bicyclic) bond motifs is 1. The molecular weight excluding hydrogens is 380 g/mol. The normalized spacial score (nSPS) is 16.7. The molecule has 0 spiro atoms. The van der Waals surface area contributed by atoms with Gasteiger partial charge in [-0.3, -0.25) is 9.59 Å². The van der Waals surface area contributed by atoms with Crippen molar-refractivity contribution in [1.29, 1.82) is 0 Å². The maximum absolute atomic E-state index is 13.6. The van der Waals surface area contributed by atoms with Crippen LogP contribution in [-0.2, 0) is 20.7 Å². The average Bonchev–Trinajstić information content (AvgIpc) is 2.63. The molecule has 1 aliphatic heterocycles. The number of halogens is 3. The Morgan fingerprint density at radius 2 is 2.04 bits per heavy atom. The van der Waals surface area contributed by atoms with Crippen molar-refractivity contribution < 1.29 is 27.8 Å². The summed E-state index contributed by atoms with van der Waals surface area (Å²) >= 11 is 5.95. The third kappa shape index (κ3) is 4.54. The number of amides is 1. The summed E-state index contributed by atoms with van der Waals surface area (Å²) in [5.74, 6) is -2.84. The number of esters is 1. The summed E-state index contributed by atoms with van der Waals surface area (Å²) in [7, 11) is 0. The quantitative estimate of drug-likeness (QED) is 0.801. The first-order valence-corrected chi connectivity index (χ1v) is 8.59. The van der Waals surface area contributed by atoms with E-state index in [1.165, 1.54) is 6.92 Å². The Kier molecular flexibility index (Phi) is 5.60. The van der Waals surface area contributed by atoms with Crippen LogP contribution in [0.1, 0.15) is 12.5 Å². The van der Waals surface area contributed by atoms with Crippen LogP contribution in [0, 0.1) is 17.6 Å². The molecule has 1 heterocycles. The molecule has 27 heavy (non-hydrogen) atoms. The lowest BCUT2D eigenvalue weighted by atomic mass is 9.97. The first-order chi connectivity index (χ1) is 12.8. The molecule has 1 N–H and O–H groups in total. The second kappa shape index (κ2) is 7.92. The van der Waals surface area contributed by atoms with Gasteiger partial charge < -0.3 is 14.8 Å². The molecule has 0 unspecified atom stereocenters. The molecule has 5 nitrogen and oxygen atoms in total. The molecule has 0 bridgehead atoms. The molecule has 1 aliphatic rings. The van der Waals surface area contributed by atoms with Gasteiger partial charge in [-0.1, -0.05) is 11.6 Å². The summed E-state index contributed by atoms with van der Waals surface area (Å²) in [4.78, 5) is 24.4. The molecule has 0 aromatic heterocycles. The predicted octanol–water partition coefficient (Wildman–Crippen LogP) is 3.74. The fraction of sp³-hybridized carbons (Fsp3) is 0.263. The van der Waals surface area contributed by atoms with Crippen LogP contribution >= 0.6 is 11.6 Å². The van der Waals surface area contributed by atoms with Gasteiger partial charge in [0.2, 0.25) is 0 Å². The van der Waals surface area contributed by atoms with E-state index < -0.39 is 35.5 Å². The summed E-state index contributed by atoms with van der Waals surface area (Å²) in [6, 6.07) is 7.79. The largest absolute Gasteiger partial charge is 0.492 e. The van der Waals surface area contributed by atoms with Gasteiger partial charge in [0.25, 0.3) is 5.91 Å². The van der Waals surface area contributed by atoms with Crippen molar-refractivity contribution in [3.8, 4) is 5.75 Å². The van der Waals surface area contributed by atoms with Gasteiger partial charge in [0.1, 0.15) is 24.0 Å². The van der Waals surface area contributed by atoms with Gasteiger partial charge in [-0.05, 0) is 49.2 Å². The van der Waals surface area contributed by atoms with Crippen molar-refractivity contribution in [3.63, 3.8) is 0 Å². The number of nitrogens with one attached hydrogen (secondary N) is 1. The van der Waals surface area contributed by atoms with Crippen LogP contribution in [0.2, 0.25) is 5.02 Å². The van der Waals surface area contributed by atoms with Gasteiger partial charge in [-0.2, -0.15) is 0 Å². The standard InChI is InChI=1S/C19H16ClF2NO4/c1-10(18(24)23-16-8-14(21)3-4-15(16)22)27-19(25)12-6-11-7-13(20)2-5-17(11)26-9-12/h2-5,7-8,10,12H,6,9H2,1H3,(H,23,24)/t10-,12-/m1/s1. The average molecular weight is 396 g/mol. The number of benzene rings is 2. The molecular formula is C19H16ClF2NO4. The highest BCUT2D eigenvalue weighted by Crippen LogP contribution is 2.30. The lowest BCUT2D eigenvalue weighted by Crippen LogP contribution is -2.36. The Hall–Kier alpha value is -2.67. The Balaban J connectivity index is 1.60. The summed E-state index contributed by atoms with van der Waals surface area (Å²) in [6.45, 7) is 1.46. The van der Waals surface area contributed by atoms with Gasteiger partial charge in [-0.15, -0.1) is 0 Å². The third-order valence-electron chi connectivity index (χ3n) is 4.11. The molecule has 0 saturated carbocycles. The number of hydrogen-bond donors (Lipinski definition) is 1. The van der Waals surface area contributed by atoms with Gasteiger partial charge in [-0.25, -0.2) is 8.78 Å². The summed E-state index contributed by atoms with van der Waals surface area (Å²) < 4.78 is 37.5. The summed E-state index contributed by atoms with van der Waals surface area (Å²) in [6.07, 6.45) is -0.831. The van der Waals surface area contributed by atoms with Crippen LogP contribution in [-0.4, -0.2) is 24.6 Å². The van der Waals surface area contributed by atoms with Crippen molar-refractivity contribution in [2.45, 2.75) is 19.4 Å². The van der Waals surface area contributed by atoms with Crippen molar-refractivity contribution >= 4 is 29.2 Å². The van der Waals surface area contributed by atoms with E-state index in [9.17, 15) is 18.4 Å². The van der Waals surface area contributed by atoms with Gasteiger partial charge in [0, 0.05) is 11.1 Å². The summed E-state index contributed by atoms with van der Waals surface area (Å²) in [5.41, 5.74) is 0.446. The SMILES string of the molecule is C[C@@H](OC(=O)[C@H]1COc2ccc(Cl)cc2C1)C(=O)Nc1cc(F)ccc1F. The van der Waals surface area contributed by atoms with Crippen LogP contribution in [0.25, 0.3) is 0 Å². The molecule has 0 fully saturated rings. The maximum Gasteiger partial charge on any atom is 0.313 e. The number of ether oxygens (including phenoxy) is 2. The minimum atomic E-state index is -1.19. The number of anilines is 1. The summed E-state index contributed by atoms with van der Waals surface area (Å²) in [5, 5.41) is 2.73. The lowest BCUT2D eigenvalue weighted by Gasteiger charge is -2.25. The first kappa shape index (κ1) is 19.1.